The number of anilines is 1. The minimum absolute atomic E-state index is 0.525. The van der Waals surface area contributed by atoms with E-state index in [9.17, 15) is 5.26 Å². The number of nitrogens with zero attached hydrogens (tertiary/aromatic N) is 3. The van der Waals surface area contributed by atoms with E-state index >= 15 is 0 Å². The van der Waals surface area contributed by atoms with Crippen LogP contribution in [0.5, 0.6) is 0 Å². The first-order chi connectivity index (χ1) is 8.47. The summed E-state index contributed by atoms with van der Waals surface area (Å²) in [6, 6.07) is 5.61. The maximum absolute atomic E-state index is 9.28. The van der Waals surface area contributed by atoms with Gasteiger partial charge in [0.05, 0.1) is 32.5 Å². The molecule has 3 nitrogen and oxygen atoms in total. The molecule has 18 heavy (non-hydrogen) atoms. The first kappa shape index (κ1) is 12.9. The van der Waals surface area contributed by atoms with Gasteiger partial charge in [-0.1, -0.05) is 23.2 Å². The molecule has 0 aliphatic heterocycles. The van der Waals surface area contributed by atoms with E-state index in [1.54, 1.807) is 19.1 Å². The van der Waals surface area contributed by atoms with Gasteiger partial charge in [0.2, 0.25) is 0 Å². The Kier molecular flexibility index (Phi) is 3.34. The van der Waals surface area contributed by atoms with Crippen LogP contribution in [-0.2, 0) is 0 Å². The topological polar surface area (TPSA) is 39.9 Å². The van der Waals surface area contributed by atoms with E-state index in [1.807, 2.05) is 19.0 Å². The number of nitriles is 1. The summed E-state index contributed by atoms with van der Waals surface area (Å²) in [7, 11) is 3.73. The molecular weight excluding hydrogens is 269 g/mol. The molecule has 0 aliphatic rings. The van der Waals surface area contributed by atoms with Crippen molar-refractivity contribution in [2.45, 2.75) is 6.92 Å². The van der Waals surface area contributed by atoms with Crippen LogP contribution in [0.3, 0.4) is 0 Å². The van der Waals surface area contributed by atoms with Gasteiger partial charge in [-0.2, -0.15) is 5.26 Å². The molecule has 1 aromatic carbocycles. The van der Waals surface area contributed by atoms with E-state index in [0.29, 0.717) is 26.8 Å². The number of aromatic nitrogens is 1. The molecule has 0 bridgehead atoms. The number of fused-ring (bicyclic) bond motifs is 1. The lowest BCUT2D eigenvalue weighted by Gasteiger charge is -2.19. The fourth-order valence-electron chi connectivity index (χ4n) is 1.98. The van der Waals surface area contributed by atoms with Gasteiger partial charge in [0.1, 0.15) is 6.07 Å². The van der Waals surface area contributed by atoms with Crippen LogP contribution in [0.15, 0.2) is 12.1 Å². The fraction of sp³-hybridized carbons (Fsp3) is 0.231. The Hall–Kier alpha value is -1.50. The molecule has 0 N–H and O–H groups in total. The number of benzene rings is 1. The number of pyridine rings is 1. The SMILES string of the molecule is Cc1nc2c(Cl)ccc(Cl)c2c(N(C)C)c1C#N. The monoisotopic (exact) mass is 279 g/mol. The number of aryl methyl sites for hydroxylation is 1. The second-order valence-corrected chi connectivity index (χ2v) is 4.99. The molecule has 92 valence electrons. The molecule has 0 amide bonds. The average Bonchev–Trinajstić information content (AvgIpc) is 2.32. The molecule has 0 spiro atoms. The van der Waals surface area contributed by atoms with Gasteiger partial charge in [-0.05, 0) is 19.1 Å². The molecule has 0 aliphatic carbocycles. The Morgan fingerprint density at radius 2 is 1.83 bits per heavy atom. The van der Waals surface area contributed by atoms with Crippen molar-refractivity contribution < 1.29 is 0 Å². The normalized spacial score (nSPS) is 10.4. The Balaban J connectivity index is 3.08. The quantitative estimate of drug-likeness (QED) is 0.797. The van der Waals surface area contributed by atoms with E-state index in [-0.39, 0.29) is 0 Å². The summed E-state index contributed by atoms with van der Waals surface area (Å²) < 4.78 is 0. The fourth-order valence-corrected chi connectivity index (χ4v) is 2.42. The zero-order chi connectivity index (χ0) is 13.4. The van der Waals surface area contributed by atoms with Crippen LogP contribution >= 0.6 is 23.2 Å². The molecule has 0 atom stereocenters. The second-order valence-electron chi connectivity index (χ2n) is 4.18. The molecule has 0 unspecified atom stereocenters. The van der Waals surface area contributed by atoms with Crippen LogP contribution in [-0.4, -0.2) is 19.1 Å². The highest BCUT2D eigenvalue weighted by Crippen LogP contribution is 2.37. The van der Waals surface area contributed by atoms with E-state index in [4.69, 9.17) is 23.2 Å². The highest BCUT2D eigenvalue weighted by atomic mass is 35.5. The smallest absolute Gasteiger partial charge is 0.103 e. The van der Waals surface area contributed by atoms with Crippen molar-refractivity contribution in [1.29, 1.82) is 5.26 Å². The first-order valence-corrected chi connectivity index (χ1v) is 6.08. The summed E-state index contributed by atoms with van der Waals surface area (Å²) in [6.45, 7) is 1.79. The van der Waals surface area contributed by atoms with Crippen LogP contribution in [0.1, 0.15) is 11.3 Å². The van der Waals surface area contributed by atoms with Gasteiger partial charge in [0.25, 0.3) is 0 Å². The summed E-state index contributed by atoms with van der Waals surface area (Å²) >= 11 is 12.4. The van der Waals surface area contributed by atoms with Crippen molar-refractivity contribution in [3.8, 4) is 6.07 Å². The lowest BCUT2D eigenvalue weighted by Crippen LogP contribution is -2.13. The maximum atomic E-state index is 9.28. The third kappa shape index (κ3) is 1.88. The molecule has 2 rings (SSSR count). The number of hydrogen-bond acceptors (Lipinski definition) is 3. The summed E-state index contributed by atoms with van der Waals surface area (Å²) in [5, 5.41) is 11.1. The molecule has 0 radical (unpaired) electrons. The Morgan fingerprint density at radius 3 is 2.39 bits per heavy atom. The zero-order valence-electron chi connectivity index (χ0n) is 10.3. The highest BCUT2D eigenvalue weighted by molar-refractivity contribution is 6.41. The lowest BCUT2D eigenvalue weighted by molar-refractivity contribution is 1.11. The summed E-state index contributed by atoms with van der Waals surface area (Å²) in [5.41, 5.74) is 2.56. The van der Waals surface area contributed by atoms with Gasteiger partial charge in [0.15, 0.2) is 0 Å². The Labute approximate surface area is 116 Å². The minimum atomic E-state index is 0.525. The van der Waals surface area contributed by atoms with Crippen molar-refractivity contribution in [2.24, 2.45) is 0 Å². The molecule has 2 aromatic rings. The Morgan fingerprint density at radius 1 is 1.22 bits per heavy atom. The van der Waals surface area contributed by atoms with E-state index in [2.05, 4.69) is 11.1 Å². The number of halogens is 2. The van der Waals surface area contributed by atoms with Crippen molar-refractivity contribution in [1.82, 2.24) is 4.98 Å². The van der Waals surface area contributed by atoms with Crippen LogP contribution in [0.4, 0.5) is 5.69 Å². The van der Waals surface area contributed by atoms with E-state index in [0.717, 1.165) is 11.1 Å². The van der Waals surface area contributed by atoms with Gasteiger partial charge in [-0.15, -0.1) is 0 Å². The zero-order valence-corrected chi connectivity index (χ0v) is 11.8. The molecule has 5 heteroatoms. The third-order valence-electron chi connectivity index (χ3n) is 2.75. The lowest BCUT2D eigenvalue weighted by atomic mass is 10.1. The van der Waals surface area contributed by atoms with Gasteiger partial charge in [-0.3, -0.25) is 0 Å². The number of hydrogen-bond donors (Lipinski definition) is 0. The molecular formula is C13H11Cl2N3. The molecule has 0 saturated heterocycles. The van der Waals surface area contributed by atoms with Crippen molar-refractivity contribution in [2.75, 3.05) is 19.0 Å². The summed E-state index contributed by atoms with van der Waals surface area (Å²) in [6.07, 6.45) is 0. The summed E-state index contributed by atoms with van der Waals surface area (Å²) in [5.74, 6) is 0. The van der Waals surface area contributed by atoms with Gasteiger partial charge < -0.3 is 4.90 Å². The van der Waals surface area contributed by atoms with Gasteiger partial charge >= 0.3 is 0 Å². The Bertz CT molecular complexity index is 672. The predicted octanol–water partition coefficient (Wildman–Crippen LogP) is 3.79. The van der Waals surface area contributed by atoms with Crippen molar-refractivity contribution in [3.63, 3.8) is 0 Å². The average molecular weight is 280 g/mol. The van der Waals surface area contributed by atoms with E-state index in [1.165, 1.54) is 0 Å². The van der Waals surface area contributed by atoms with Gasteiger partial charge in [0, 0.05) is 19.5 Å². The number of rotatable bonds is 1. The largest absolute Gasteiger partial charge is 0.376 e. The predicted molar refractivity (Wildman–Crippen MR) is 75.5 cm³/mol. The van der Waals surface area contributed by atoms with Crippen LogP contribution in [0.25, 0.3) is 10.9 Å². The van der Waals surface area contributed by atoms with E-state index < -0.39 is 0 Å². The second kappa shape index (κ2) is 4.64. The molecule has 1 heterocycles. The van der Waals surface area contributed by atoms with Crippen molar-refractivity contribution >= 4 is 39.8 Å². The van der Waals surface area contributed by atoms with Crippen LogP contribution < -0.4 is 4.90 Å². The maximum Gasteiger partial charge on any atom is 0.103 e. The van der Waals surface area contributed by atoms with Crippen LogP contribution in [0, 0.1) is 18.3 Å². The molecule has 0 saturated carbocycles. The minimum Gasteiger partial charge on any atom is -0.376 e. The highest BCUT2D eigenvalue weighted by Gasteiger charge is 2.18. The summed E-state index contributed by atoms with van der Waals surface area (Å²) in [4.78, 5) is 6.24. The third-order valence-corrected chi connectivity index (χ3v) is 3.37. The standard InChI is InChI=1S/C13H11Cl2N3/c1-7-8(6-16)13(18(2)3)11-9(14)4-5-10(15)12(11)17-7/h4-5H,1-3H3. The van der Waals surface area contributed by atoms with Crippen molar-refractivity contribution in [3.05, 3.63) is 33.4 Å². The van der Waals surface area contributed by atoms with Gasteiger partial charge in [-0.25, -0.2) is 4.98 Å². The first-order valence-electron chi connectivity index (χ1n) is 5.33. The molecule has 1 aromatic heterocycles. The molecule has 0 fully saturated rings. The van der Waals surface area contributed by atoms with Crippen LogP contribution in [0.2, 0.25) is 10.0 Å².